The van der Waals surface area contributed by atoms with Gasteiger partial charge in [0.1, 0.15) is 5.76 Å². The van der Waals surface area contributed by atoms with E-state index in [0.29, 0.717) is 17.5 Å². The number of nitrogens with one attached hydrogen (secondary N) is 1. The molecule has 6 heteroatoms. The molecule has 2 fully saturated rings. The summed E-state index contributed by atoms with van der Waals surface area (Å²) in [4.78, 5) is 15.3. The second-order valence-electron chi connectivity index (χ2n) is 9.30. The van der Waals surface area contributed by atoms with Crippen molar-refractivity contribution < 1.29 is 14.4 Å². The van der Waals surface area contributed by atoms with Crippen LogP contribution < -0.4 is 5.32 Å². The minimum absolute atomic E-state index is 0.0171. The summed E-state index contributed by atoms with van der Waals surface area (Å²) in [5, 5.41) is 16.4. The smallest absolute Gasteiger partial charge is 0.273 e. The average Bonchev–Trinajstić information content (AvgIpc) is 3.53. The Bertz CT molecular complexity index is 855. The van der Waals surface area contributed by atoms with Crippen LogP contribution in [0.3, 0.4) is 0 Å². The van der Waals surface area contributed by atoms with Crippen molar-refractivity contribution in [2.45, 2.75) is 69.9 Å². The molecule has 2 N–H and O–H groups in total. The van der Waals surface area contributed by atoms with Gasteiger partial charge in [-0.25, -0.2) is 0 Å². The molecule has 1 aromatic heterocycles. The van der Waals surface area contributed by atoms with Gasteiger partial charge in [-0.2, -0.15) is 0 Å². The zero-order chi connectivity index (χ0) is 21.6. The summed E-state index contributed by atoms with van der Waals surface area (Å²) in [6.07, 6.45) is 9.02. The predicted octanol–water partition coefficient (Wildman–Crippen LogP) is 4.42. The number of nitrogens with zero attached hydrogens (tertiary/aromatic N) is 2. The van der Waals surface area contributed by atoms with Crippen LogP contribution in [0.2, 0.25) is 0 Å². The third-order valence-corrected chi connectivity index (χ3v) is 6.61. The van der Waals surface area contributed by atoms with E-state index in [1.54, 1.807) is 0 Å². The van der Waals surface area contributed by atoms with Crippen molar-refractivity contribution in [3.63, 3.8) is 0 Å². The molecule has 2 aliphatic rings. The number of carbonyl (C=O) groups excluding carboxylic acids is 1. The number of aliphatic hydroxyl groups excluding tert-OH is 1. The maximum Gasteiger partial charge on any atom is 0.273 e. The summed E-state index contributed by atoms with van der Waals surface area (Å²) in [6.45, 7) is 1.90. The van der Waals surface area contributed by atoms with Crippen molar-refractivity contribution in [1.29, 1.82) is 0 Å². The number of aliphatic hydroxyl groups is 1. The molecule has 31 heavy (non-hydrogen) atoms. The summed E-state index contributed by atoms with van der Waals surface area (Å²) in [5.41, 5.74) is 2.78. The Labute approximate surface area is 185 Å². The van der Waals surface area contributed by atoms with Crippen LogP contribution in [0, 0.1) is 5.92 Å². The average molecular weight is 426 g/mol. The standard InChI is InChI=1S/C25H35N3O3/c1-28(13-6-14-29)17-18-7-5-10-21(15-18)24(20-8-3-2-4-9-20)26-25(30)22-16-23(31-27-22)19-11-12-19/h5,7,10,15-16,19-20,24,29H,2-4,6,8-9,11-14,17H2,1H3,(H,26,30). The monoisotopic (exact) mass is 425 g/mol. The fraction of sp³-hybridized carbons (Fsp3) is 0.600. The van der Waals surface area contributed by atoms with E-state index >= 15 is 0 Å². The van der Waals surface area contributed by atoms with E-state index in [1.165, 1.54) is 30.4 Å². The van der Waals surface area contributed by atoms with Crippen molar-refractivity contribution in [3.05, 3.63) is 52.9 Å². The van der Waals surface area contributed by atoms with Gasteiger partial charge in [-0.3, -0.25) is 4.79 Å². The molecule has 2 saturated carbocycles. The van der Waals surface area contributed by atoms with Crippen molar-refractivity contribution in [3.8, 4) is 0 Å². The van der Waals surface area contributed by atoms with Gasteiger partial charge in [0.05, 0.1) is 6.04 Å². The van der Waals surface area contributed by atoms with Gasteiger partial charge in [0.25, 0.3) is 5.91 Å². The highest BCUT2D eigenvalue weighted by molar-refractivity contribution is 5.92. The molecule has 1 heterocycles. The van der Waals surface area contributed by atoms with E-state index in [0.717, 1.165) is 51.0 Å². The molecule has 6 nitrogen and oxygen atoms in total. The molecular weight excluding hydrogens is 390 g/mol. The zero-order valence-corrected chi connectivity index (χ0v) is 18.6. The van der Waals surface area contributed by atoms with Crippen LogP contribution in [0.15, 0.2) is 34.9 Å². The maximum atomic E-state index is 13.0. The summed E-state index contributed by atoms with van der Waals surface area (Å²) >= 11 is 0. The first kappa shape index (κ1) is 22.0. The van der Waals surface area contributed by atoms with Gasteiger partial charge < -0.3 is 19.8 Å². The Kier molecular flexibility index (Phi) is 7.41. The van der Waals surface area contributed by atoms with Crippen molar-refractivity contribution >= 4 is 5.91 Å². The normalized spacial score (nSPS) is 18.3. The molecule has 2 aliphatic carbocycles. The van der Waals surface area contributed by atoms with E-state index in [2.05, 4.69) is 46.7 Å². The second-order valence-corrected chi connectivity index (χ2v) is 9.30. The number of aromatic nitrogens is 1. The number of hydrogen-bond acceptors (Lipinski definition) is 5. The lowest BCUT2D eigenvalue weighted by Gasteiger charge is -2.31. The lowest BCUT2D eigenvalue weighted by molar-refractivity contribution is 0.0903. The van der Waals surface area contributed by atoms with Crippen LogP contribution in [0.5, 0.6) is 0 Å². The van der Waals surface area contributed by atoms with Crippen LogP contribution in [0.1, 0.15) is 90.7 Å². The van der Waals surface area contributed by atoms with E-state index < -0.39 is 0 Å². The Morgan fingerprint density at radius 1 is 1.23 bits per heavy atom. The largest absolute Gasteiger partial charge is 0.396 e. The number of rotatable bonds is 10. The number of hydrogen-bond donors (Lipinski definition) is 2. The molecule has 1 aromatic carbocycles. The minimum Gasteiger partial charge on any atom is -0.396 e. The van der Waals surface area contributed by atoms with E-state index in [1.807, 2.05) is 6.07 Å². The van der Waals surface area contributed by atoms with Gasteiger partial charge in [-0.15, -0.1) is 0 Å². The fourth-order valence-electron chi connectivity index (χ4n) is 4.73. The Morgan fingerprint density at radius 3 is 2.77 bits per heavy atom. The highest BCUT2D eigenvalue weighted by Crippen LogP contribution is 2.40. The SMILES string of the molecule is CN(CCCO)Cc1cccc(C(NC(=O)c2cc(C3CC3)on2)C2CCCCC2)c1. The minimum atomic E-state index is -0.142. The van der Waals surface area contributed by atoms with Crippen LogP contribution in [0.25, 0.3) is 0 Å². The quantitative estimate of drug-likeness (QED) is 0.589. The molecule has 1 amide bonds. The lowest BCUT2D eigenvalue weighted by atomic mass is 9.80. The van der Waals surface area contributed by atoms with Gasteiger partial charge in [-0.1, -0.05) is 48.7 Å². The van der Waals surface area contributed by atoms with E-state index in [9.17, 15) is 4.79 Å². The fourth-order valence-corrected chi connectivity index (χ4v) is 4.73. The summed E-state index contributed by atoms with van der Waals surface area (Å²) < 4.78 is 5.40. The van der Waals surface area contributed by atoms with Crippen molar-refractivity contribution in [2.75, 3.05) is 20.2 Å². The van der Waals surface area contributed by atoms with Gasteiger partial charge in [0.15, 0.2) is 5.69 Å². The molecule has 168 valence electrons. The predicted molar refractivity (Wildman–Crippen MR) is 120 cm³/mol. The van der Waals surface area contributed by atoms with Gasteiger partial charge in [-0.05, 0) is 56.2 Å². The van der Waals surface area contributed by atoms with Crippen molar-refractivity contribution in [1.82, 2.24) is 15.4 Å². The Morgan fingerprint density at radius 2 is 2.03 bits per heavy atom. The number of benzene rings is 1. The molecule has 1 atom stereocenters. The first-order valence-electron chi connectivity index (χ1n) is 11.8. The molecular formula is C25H35N3O3. The van der Waals surface area contributed by atoms with Crippen LogP contribution in [-0.4, -0.2) is 41.3 Å². The first-order chi connectivity index (χ1) is 15.1. The topological polar surface area (TPSA) is 78.6 Å². The third-order valence-electron chi connectivity index (χ3n) is 6.61. The number of carbonyl (C=O) groups is 1. The van der Waals surface area contributed by atoms with Crippen LogP contribution in [-0.2, 0) is 6.54 Å². The van der Waals surface area contributed by atoms with Gasteiger partial charge in [0, 0.05) is 31.7 Å². The summed E-state index contributed by atoms with van der Waals surface area (Å²) in [6, 6.07) is 10.4. The molecule has 4 rings (SSSR count). The Hall–Kier alpha value is -2.18. The molecule has 0 radical (unpaired) electrons. The lowest BCUT2D eigenvalue weighted by Crippen LogP contribution is -2.34. The summed E-state index contributed by atoms with van der Waals surface area (Å²) in [5.74, 6) is 1.58. The molecule has 0 saturated heterocycles. The van der Waals surface area contributed by atoms with Gasteiger partial charge >= 0.3 is 0 Å². The van der Waals surface area contributed by atoms with E-state index in [-0.39, 0.29) is 18.6 Å². The molecule has 0 bridgehead atoms. The molecule has 1 unspecified atom stereocenters. The maximum absolute atomic E-state index is 13.0. The molecule has 2 aromatic rings. The summed E-state index contributed by atoms with van der Waals surface area (Å²) in [7, 11) is 2.07. The molecule has 0 spiro atoms. The van der Waals surface area contributed by atoms with Crippen LogP contribution >= 0.6 is 0 Å². The first-order valence-corrected chi connectivity index (χ1v) is 11.8. The highest BCUT2D eigenvalue weighted by atomic mass is 16.5. The second kappa shape index (κ2) is 10.4. The Balaban J connectivity index is 1.50. The van der Waals surface area contributed by atoms with Crippen LogP contribution in [0.4, 0.5) is 0 Å². The number of amides is 1. The van der Waals surface area contributed by atoms with Crippen molar-refractivity contribution in [2.24, 2.45) is 5.92 Å². The van der Waals surface area contributed by atoms with E-state index in [4.69, 9.17) is 9.63 Å². The molecule has 0 aliphatic heterocycles. The highest BCUT2D eigenvalue weighted by Gasteiger charge is 2.31. The zero-order valence-electron chi connectivity index (χ0n) is 18.6. The third kappa shape index (κ3) is 5.95. The van der Waals surface area contributed by atoms with Gasteiger partial charge in [0.2, 0.25) is 0 Å².